The van der Waals surface area contributed by atoms with Gasteiger partial charge in [-0.25, -0.2) is 0 Å². The van der Waals surface area contributed by atoms with Crippen molar-refractivity contribution in [3.63, 3.8) is 0 Å². The van der Waals surface area contributed by atoms with Crippen LogP contribution >= 0.6 is 10.8 Å². The normalized spacial score (nSPS) is 19.0. The second-order valence-corrected chi connectivity index (χ2v) is 4.42. The standard InChI is InChI=1S/C7H6N2O4S/c10-9(11)6-2-1-5-4-8-14(12,13)7(5)3-6/h1-4,12-13H. The molecule has 0 saturated carbocycles. The minimum atomic E-state index is -3.20. The highest BCUT2D eigenvalue weighted by Gasteiger charge is 2.25. The quantitative estimate of drug-likeness (QED) is 0.552. The molecule has 1 aliphatic rings. The van der Waals surface area contributed by atoms with Crippen LogP contribution in [0.5, 0.6) is 0 Å². The molecule has 74 valence electrons. The Hall–Kier alpha value is -1.44. The molecule has 1 aromatic carbocycles. The van der Waals surface area contributed by atoms with Gasteiger partial charge < -0.3 is 0 Å². The van der Waals surface area contributed by atoms with Crippen LogP contribution in [0, 0.1) is 10.1 Å². The fourth-order valence-electron chi connectivity index (χ4n) is 1.17. The lowest BCUT2D eigenvalue weighted by Gasteiger charge is -2.22. The molecular weight excluding hydrogens is 208 g/mol. The van der Waals surface area contributed by atoms with Gasteiger partial charge in [-0.15, -0.1) is 0 Å². The average Bonchev–Trinajstić information content (AvgIpc) is 2.42. The van der Waals surface area contributed by atoms with Crippen LogP contribution < -0.4 is 0 Å². The molecule has 14 heavy (non-hydrogen) atoms. The summed E-state index contributed by atoms with van der Waals surface area (Å²) in [5.74, 6) is 0. The molecule has 0 aromatic heterocycles. The first-order chi connectivity index (χ1) is 6.50. The Morgan fingerprint density at radius 2 is 2.14 bits per heavy atom. The molecule has 0 amide bonds. The number of nitro groups is 1. The van der Waals surface area contributed by atoms with E-state index in [1.165, 1.54) is 18.3 Å². The Labute approximate surface area is 80.5 Å². The van der Waals surface area contributed by atoms with Gasteiger partial charge in [0, 0.05) is 17.7 Å². The maximum atomic E-state index is 10.4. The summed E-state index contributed by atoms with van der Waals surface area (Å²) in [5.41, 5.74) is 0.338. The summed E-state index contributed by atoms with van der Waals surface area (Å²) >= 11 is 0. The summed E-state index contributed by atoms with van der Waals surface area (Å²) < 4.78 is 22.2. The fraction of sp³-hybridized carbons (Fsp3) is 0. The zero-order valence-corrected chi connectivity index (χ0v) is 7.64. The molecule has 0 radical (unpaired) electrons. The summed E-state index contributed by atoms with van der Waals surface area (Å²) in [5, 5.41) is 10.4. The Morgan fingerprint density at radius 3 is 2.79 bits per heavy atom. The van der Waals surface area contributed by atoms with Gasteiger partial charge in [0.25, 0.3) is 5.69 Å². The predicted molar refractivity (Wildman–Crippen MR) is 51.8 cm³/mol. The Kier molecular flexibility index (Phi) is 1.81. The molecule has 1 aliphatic heterocycles. The van der Waals surface area contributed by atoms with Crippen molar-refractivity contribution in [1.29, 1.82) is 0 Å². The summed E-state index contributed by atoms with van der Waals surface area (Å²) in [6, 6.07) is 3.88. The third kappa shape index (κ3) is 1.27. The summed E-state index contributed by atoms with van der Waals surface area (Å²) in [6.45, 7) is 0. The molecule has 1 aromatic rings. The molecule has 7 heteroatoms. The van der Waals surface area contributed by atoms with Crippen LogP contribution in [-0.4, -0.2) is 20.2 Å². The van der Waals surface area contributed by atoms with Crippen molar-refractivity contribution < 1.29 is 14.0 Å². The number of non-ortho nitro benzene ring substituents is 1. The number of rotatable bonds is 1. The van der Waals surface area contributed by atoms with Gasteiger partial charge in [0.2, 0.25) is 0 Å². The highest BCUT2D eigenvalue weighted by atomic mass is 32.3. The van der Waals surface area contributed by atoms with E-state index in [0.717, 1.165) is 6.07 Å². The minimum absolute atomic E-state index is 0.117. The van der Waals surface area contributed by atoms with E-state index in [2.05, 4.69) is 4.40 Å². The van der Waals surface area contributed by atoms with Gasteiger partial charge in [-0.1, -0.05) is 10.8 Å². The second kappa shape index (κ2) is 2.77. The van der Waals surface area contributed by atoms with Gasteiger partial charge in [0.05, 0.1) is 16.0 Å². The van der Waals surface area contributed by atoms with Crippen LogP contribution in [-0.2, 0) is 0 Å². The van der Waals surface area contributed by atoms with Crippen molar-refractivity contribution in [3.8, 4) is 0 Å². The topological polar surface area (TPSA) is 96.0 Å². The van der Waals surface area contributed by atoms with Crippen LogP contribution in [0.3, 0.4) is 0 Å². The average molecular weight is 214 g/mol. The summed E-state index contributed by atoms with van der Waals surface area (Å²) in [7, 11) is -3.20. The molecule has 2 rings (SSSR count). The number of fused-ring (bicyclic) bond motifs is 1. The number of nitrogens with zero attached hydrogens (tertiary/aromatic N) is 2. The minimum Gasteiger partial charge on any atom is -0.276 e. The van der Waals surface area contributed by atoms with Gasteiger partial charge in [0.15, 0.2) is 0 Å². The molecule has 0 fully saturated rings. The number of benzene rings is 1. The highest BCUT2D eigenvalue weighted by Crippen LogP contribution is 2.54. The van der Waals surface area contributed by atoms with Crippen LogP contribution in [0.25, 0.3) is 0 Å². The van der Waals surface area contributed by atoms with Crippen molar-refractivity contribution in [2.24, 2.45) is 4.40 Å². The van der Waals surface area contributed by atoms with Crippen molar-refractivity contribution in [3.05, 3.63) is 33.9 Å². The van der Waals surface area contributed by atoms with Gasteiger partial charge in [0.1, 0.15) is 0 Å². The van der Waals surface area contributed by atoms with Gasteiger partial charge in [-0.2, -0.15) is 4.40 Å². The molecule has 2 N–H and O–H groups in total. The third-order valence-electron chi connectivity index (χ3n) is 1.84. The smallest absolute Gasteiger partial charge is 0.271 e. The molecule has 0 saturated heterocycles. The van der Waals surface area contributed by atoms with Crippen molar-refractivity contribution in [2.45, 2.75) is 4.90 Å². The zero-order chi connectivity index (χ0) is 10.3. The van der Waals surface area contributed by atoms with Crippen molar-refractivity contribution >= 4 is 22.7 Å². The van der Waals surface area contributed by atoms with E-state index >= 15 is 0 Å². The van der Waals surface area contributed by atoms with E-state index in [9.17, 15) is 19.2 Å². The maximum absolute atomic E-state index is 10.4. The Morgan fingerprint density at radius 1 is 1.43 bits per heavy atom. The first-order valence-electron chi connectivity index (χ1n) is 3.63. The van der Waals surface area contributed by atoms with E-state index in [-0.39, 0.29) is 10.6 Å². The van der Waals surface area contributed by atoms with E-state index < -0.39 is 15.7 Å². The van der Waals surface area contributed by atoms with Crippen LogP contribution in [0.1, 0.15) is 5.56 Å². The Balaban J connectivity index is 2.57. The molecule has 1 heterocycles. The van der Waals surface area contributed by atoms with E-state index in [1.807, 2.05) is 0 Å². The molecular formula is C7H6N2O4S. The van der Waals surface area contributed by atoms with E-state index in [1.54, 1.807) is 0 Å². The van der Waals surface area contributed by atoms with Crippen molar-refractivity contribution in [1.82, 2.24) is 0 Å². The van der Waals surface area contributed by atoms with Gasteiger partial charge >= 0.3 is 0 Å². The van der Waals surface area contributed by atoms with Crippen LogP contribution in [0.4, 0.5) is 5.69 Å². The Bertz CT molecular complexity index is 443. The number of nitro benzene ring substituents is 1. The number of hydrogen-bond donors (Lipinski definition) is 2. The first-order valence-corrected chi connectivity index (χ1v) is 5.13. The highest BCUT2D eigenvalue weighted by molar-refractivity contribution is 8.23. The largest absolute Gasteiger partial charge is 0.276 e. The van der Waals surface area contributed by atoms with Crippen molar-refractivity contribution in [2.75, 3.05) is 0 Å². The molecule has 0 unspecified atom stereocenters. The third-order valence-corrected chi connectivity index (χ3v) is 3.18. The predicted octanol–water partition coefficient (Wildman–Crippen LogP) is 2.05. The van der Waals surface area contributed by atoms with E-state index in [4.69, 9.17) is 0 Å². The summed E-state index contributed by atoms with van der Waals surface area (Å²) in [6.07, 6.45) is 1.30. The van der Waals surface area contributed by atoms with Gasteiger partial charge in [-0.3, -0.25) is 19.2 Å². The fourth-order valence-corrected chi connectivity index (χ4v) is 2.26. The van der Waals surface area contributed by atoms with Gasteiger partial charge in [-0.05, 0) is 6.07 Å². The molecule has 0 aliphatic carbocycles. The number of hydrogen-bond acceptors (Lipinski definition) is 5. The molecule has 0 spiro atoms. The lowest BCUT2D eigenvalue weighted by Crippen LogP contribution is -1.94. The first kappa shape index (κ1) is 9.13. The van der Waals surface area contributed by atoms with E-state index in [0.29, 0.717) is 5.56 Å². The van der Waals surface area contributed by atoms with Crippen LogP contribution in [0.2, 0.25) is 0 Å². The summed E-state index contributed by atoms with van der Waals surface area (Å²) in [4.78, 5) is 9.95. The maximum Gasteiger partial charge on any atom is 0.271 e. The monoisotopic (exact) mass is 214 g/mol. The molecule has 6 nitrogen and oxygen atoms in total. The molecule has 0 atom stereocenters. The lowest BCUT2D eigenvalue weighted by atomic mass is 10.2. The lowest BCUT2D eigenvalue weighted by molar-refractivity contribution is -0.385. The van der Waals surface area contributed by atoms with Crippen LogP contribution in [0.15, 0.2) is 27.5 Å². The molecule has 0 bridgehead atoms. The SMILES string of the molecule is O=[N+]([O-])c1ccc2c(c1)S(O)(O)N=C2. The zero-order valence-electron chi connectivity index (χ0n) is 6.82. The second-order valence-electron chi connectivity index (χ2n) is 2.73.